The highest BCUT2D eigenvalue weighted by Crippen LogP contribution is 2.63. The van der Waals surface area contributed by atoms with Gasteiger partial charge in [0, 0.05) is 0 Å². The van der Waals surface area contributed by atoms with Crippen LogP contribution in [0.4, 0.5) is 0 Å². The van der Waals surface area contributed by atoms with E-state index >= 15 is 0 Å². The standard InChI is InChI=1S/C20H32/c1-3-15-9-11-19-18-10-8-14-6-4-5-7-16(14)17(18)12-13-20(15,19)2/h3,14,16-19H,4-13H2,1-2H3/b15-3-. The molecule has 0 bridgehead atoms. The van der Waals surface area contributed by atoms with Crippen molar-refractivity contribution in [2.45, 2.75) is 78.1 Å². The van der Waals surface area contributed by atoms with Crippen molar-refractivity contribution < 1.29 is 0 Å². The molecule has 4 rings (SSSR count). The molecule has 0 aromatic heterocycles. The molecule has 0 spiro atoms. The average molecular weight is 272 g/mol. The van der Waals surface area contributed by atoms with Crippen molar-refractivity contribution in [2.24, 2.45) is 35.0 Å². The Labute approximate surface area is 125 Å². The van der Waals surface area contributed by atoms with Gasteiger partial charge in [-0.25, -0.2) is 0 Å². The summed E-state index contributed by atoms with van der Waals surface area (Å²) in [5.74, 6) is 5.49. The van der Waals surface area contributed by atoms with Gasteiger partial charge in [-0.15, -0.1) is 0 Å². The summed E-state index contributed by atoms with van der Waals surface area (Å²) in [5.41, 5.74) is 2.41. The van der Waals surface area contributed by atoms with E-state index in [1.165, 1.54) is 32.1 Å². The molecule has 0 radical (unpaired) electrons. The van der Waals surface area contributed by atoms with Gasteiger partial charge in [-0.3, -0.25) is 0 Å². The fourth-order valence-electron chi connectivity index (χ4n) is 7.15. The van der Waals surface area contributed by atoms with Crippen molar-refractivity contribution in [2.75, 3.05) is 0 Å². The summed E-state index contributed by atoms with van der Waals surface area (Å²) in [7, 11) is 0. The van der Waals surface area contributed by atoms with E-state index < -0.39 is 0 Å². The maximum atomic E-state index is 2.61. The van der Waals surface area contributed by atoms with Crippen LogP contribution >= 0.6 is 0 Å². The van der Waals surface area contributed by atoms with E-state index in [0.717, 1.165) is 29.6 Å². The monoisotopic (exact) mass is 272 g/mol. The number of allylic oxidation sites excluding steroid dienone is 2. The van der Waals surface area contributed by atoms with Crippen LogP contribution in [0, 0.1) is 35.0 Å². The minimum Gasteiger partial charge on any atom is -0.0879 e. The maximum Gasteiger partial charge on any atom is -0.00853 e. The van der Waals surface area contributed by atoms with E-state index in [-0.39, 0.29) is 0 Å². The van der Waals surface area contributed by atoms with Crippen LogP contribution < -0.4 is 0 Å². The molecule has 4 aliphatic rings. The molecular formula is C20H32. The number of hydrogen-bond donors (Lipinski definition) is 0. The van der Waals surface area contributed by atoms with Gasteiger partial charge in [0.1, 0.15) is 0 Å². The molecule has 4 fully saturated rings. The van der Waals surface area contributed by atoms with Gasteiger partial charge in [0.25, 0.3) is 0 Å². The smallest absolute Gasteiger partial charge is 0.00853 e. The number of rotatable bonds is 0. The van der Waals surface area contributed by atoms with Crippen molar-refractivity contribution in [3.05, 3.63) is 11.6 Å². The lowest BCUT2D eigenvalue weighted by molar-refractivity contribution is -0.0403. The molecule has 0 aromatic carbocycles. The van der Waals surface area contributed by atoms with Crippen LogP contribution in [0.1, 0.15) is 78.1 Å². The largest absolute Gasteiger partial charge is 0.0879 e. The van der Waals surface area contributed by atoms with Gasteiger partial charge >= 0.3 is 0 Å². The summed E-state index contributed by atoms with van der Waals surface area (Å²) in [5, 5.41) is 0. The summed E-state index contributed by atoms with van der Waals surface area (Å²) in [6, 6.07) is 0. The number of fused-ring (bicyclic) bond motifs is 5. The van der Waals surface area contributed by atoms with Crippen LogP contribution in [0.3, 0.4) is 0 Å². The van der Waals surface area contributed by atoms with Gasteiger partial charge in [0.15, 0.2) is 0 Å². The first-order valence-electron chi connectivity index (χ1n) is 9.39. The maximum absolute atomic E-state index is 2.61. The average Bonchev–Trinajstić information content (AvgIpc) is 2.83. The normalized spacial score (nSPS) is 53.3. The van der Waals surface area contributed by atoms with Crippen LogP contribution in [0.5, 0.6) is 0 Å². The lowest BCUT2D eigenvalue weighted by Gasteiger charge is -2.55. The predicted molar refractivity (Wildman–Crippen MR) is 85.5 cm³/mol. The molecule has 112 valence electrons. The second-order valence-corrected chi connectivity index (χ2v) is 8.53. The first-order valence-corrected chi connectivity index (χ1v) is 9.39. The molecule has 0 aliphatic heterocycles. The van der Waals surface area contributed by atoms with E-state index in [2.05, 4.69) is 19.9 Å². The topological polar surface area (TPSA) is 0 Å². The molecule has 0 aromatic rings. The van der Waals surface area contributed by atoms with Gasteiger partial charge in [-0.05, 0) is 86.9 Å². The Balaban J connectivity index is 1.61. The van der Waals surface area contributed by atoms with E-state index in [1.54, 1.807) is 32.1 Å². The Morgan fingerprint density at radius 2 is 1.75 bits per heavy atom. The summed E-state index contributed by atoms with van der Waals surface area (Å²) in [4.78, 5) is 0. The number of hydrogen-bond acceptors (Lipinski definition) is 0. The second-order valence-electron chi connectivity index (χ2n) is 8.53. The lowest BCUT2D eigenvalue weighted by atomic mass is 9.50. The third-order valence-electron chi connectivity index (χ3n) is 8.08. The lowest BCUT2D eigenvalue weighted by Crippen LogP contribution is -2.46. The zero-order valence-corrected chi connectivity index (χ0v) is 13.5. The predicted octanol–water partition coefficient (Wildman–Crippen LogP) is 5.98. The van der Waals surface area contributed by atoms with Crippen LogP contribution in [-0.4, -0.2) is 0 Å². The molecule has 0 nitrogen and oxygen atoms in total. The molecule has 4 saturated carbocycles. The van der Waals surface area contributed by atoms with Gasteiger partial charge < -0.3 is 0 Å². The Morgan fingerprint density at radius 3 is 2.60 bits per heavy atom. The van der Waals surface area contributed by atoms with E-state index in [1.807, 2.05) is 5.57 Å². The highest BCUT2D eigenvalue weighted by Gasteiger charge is 2.54. The minimum atomic E-state index is 0.595. The fraction of sp³-hybridized carbons (Fsp3) is 0.900. The molecule has 4 aliphatic carbocycles. The summed E-state index contributed by atoms with van der Waals surface area (Å²) < 4.78 is 0. The minimum absolute atomic E-state index is 0.595. The third kappa shape index (κ3) is 1.79. The Morgan fingerprint density at radius 1 is 0.900 bits per heavy atom. The quantitative estimate of drug-likeness (QED) is 0.476. The van der Waals surface area contributed by atoms with Crippen LogP contribution in [0.15, 0.2) is 11.6 Å². The van der Waals surface area contributed by atoms with Crippen molar-refractivity contribution in [1.82, 2.24) is 0 Å². The molecule has 6 atom stereocenters. The van der Waals surface area contributed by atoms with Gasteiger partial charge in [0.2, 0.25) is 0 Å². The SMILES string of the molecule is C/C=C1/CCC2C3CCC4CCCCC4C3CCC12C. The Kier molecular flexibility index (Phi) is 3.28. The van der Waals surface area contributed by atoms with Gasteiger partial charge in [-0.1, -0.05) is 37.8 Å². The highest BCUT2D eigenvalue weighted by atomic mass is 14.6. The molecule has 0 amide bonds. The van der Waals surface area contributed by atoms with Gasteiger partial charge in [0.05, 0.1) is 0 Å². The molecular weight excluding hydrogens is 240 g/mol. The third-order valence-corrected chi connectivity index (χ3v) is 8.08. The first kappa shape index (κ1) is 13.4. The van der Waals surface area contributed by atoms with Crippen LogP contribution in [0.2, 0.25) is 0 Å². The van der Waals surface area contributed by atoms with Crippen LogP contribution in [-0.2, 0) is 0 Å². The fourth-order valence-corrected chi connectivity index (χ4v) is 7.15. The second kappa shape index (κ2) is 4.89. The van der Waals surface area contributed by atoms with Crippen molar-refractivity contribution in [3.63, 3.8) is 0 Å². The Bertz CT molecular complexity index is 406. The van der Waals surface area contributed by atoms with E-state index in [4.69, 9.17) is 0 Å². The molecule has 0 heteroatoms. The Hall–Kier alpha value is -0.260. The van der Waals surface area contributed by atoms with E-state index in [0.29, 0.717) is 5.41 Å². The molecule has 0 N–H and O–H groups in total. The zero-order chi connectivity index (χ0) is 13.7. The van der Waals surface area contributed by atoms with Crippen molar-refractivity contribution in [3.8, 4) is 0 Å². The molecule has 0 heterocycles. The van der Waals surface area contributed by atoms with Crippen LogP contribution in [0.25, 0.3) is 0 Å². The first-order chi connectivity index (χ1) is 9.74. The molecule has 20 heavy (non-hydrogen) atoms. The molecule has 0 saturated heterocycles. The van der Waals surface area contributed by atoms with E-state index in [9.17, 15) is 0 Å². The molecule has 6 unspecified atom stereocenters. The summed E-state index contributed by atoms with van der Waals surface area (Å²) in [6.45, 7) is 4.90. The van der Waals surface area contributed by atoms with Crippen molar-refractivity contribution in [1.29, 1.82) is 0 Å². The van der Waals surface area contributed by atoms with Crippen molar-refractivity contribution >= 4 is 0 Å². The zero-order valence-electron chi connectivity index (χ0n) is 13.5. The summed E-state index contributed by atoms with van der Waals surface area (Å²) in [6.07, 6.45) is 17.8. The highest BCUT2D eigenvalue weighted by molar-refractivity contribution is 5.23. The van der Waals surface area contributed by atoms with Gasteiger partial charge in [-0.2, -0.15) is 0 Å². The summed E-state index contributed by atoms with van der Waals surface area (Å²) >= 11 is 0.